The van der Waals surface area contributed by atoms with Gasteiger partial charge in [0.05, 0.1) is 0 Å². The highest BCUT2D eigenvalue weighted by Gasteiger charge is 2.10. The molecule has 0 fully saturated rings. The fourth-order valence-electron chi connectivity index (χ4n) is 0.385. The number of Topliss-reactive ketones (excluding diaryl/α,β-unsaturated/α-hetero) is 1. The maximum Gasteiger partial charge on any atom is 0.166 e. The Hall–Kier alpha value is -0.410. The highest BCUT2D eigenvalue weighted by molar-refractivity contribution is 5.84. The highest BCUT2D eigenvalue weighted by atomic mass is 16.1. The van der Waals surface area contributed by atoms with E-state index in [9.17, 15) is 4.79 Å². The van der Waals surface area contributed by atoms with Crippen LogP contribution in [0, 0.1) is 5.92 Å². The second-order valence-electron chi connectivity index (χ2n) is 2.08. The Morgan fingerprint density at radius 1 is 1.38 bits per heavy atom. The van der Waals surface area contributed by atoms with Crippen LogP contribution in [0.5, 0.6) is 0 Å². The van der Waals surface area contributed by atoms with Gasteiger partial charge in [-0.25, -0.2) is 0 Å². The van der Waals surface area contributed by atoms with Crippen molar-refractivity contribution in [3.05, 3.63) is 0 Å². The molecule has 3 nitrogen and oxygen atoms in total. The van der Waals surface area contributed by atoms with Gasteiger partial charge in [0.1, 0.15) is 6.17 Å². The van der Waals surface area contributed by atoms with Crippen molar-refractivity contribution in [2.45, 2.75) is 20.0 Å². The zero-order valence-electron chi connectivity index (χ0n) is 5.22. The van der Waals surface area contributed by atoms with E-state index in [1.807, 2.05) is 0 Å². The predicted molar refractivity (Wildman–Crippen MR) is 32.0 cm³/mol. The molecule has 4 N–H and O–H groups in total. The summed E-state index contributed by atoms with van der Waals surface area (Å²) in [6, 6.07) is 0. The largest absolute Gasteiger partial charge is 0.310 e. The molecular weight excluding hydrogens is 104 g/mol. The average Bonchev–Trinajstić information content (AvgIpc) is 1.64. The van der Waals surface area contributed by atoms with Crippen molar-refractivity contribution in [3.8, 4) is 0 Å². The van der Waals surface area contributed by atoms with E-state index < -0.39 is 6.17 Å². The topological polar surface area (TPSA) is 69.1 Å². The van der Waals surface area contributed by atoms with Crippen LogP contribution in [0.15, 0.2) is 0 Å². The summed E-state index contributed by atoms with van der Waals surface area (Å²) in [7, 11) is 0. The maximum atomic E-state index is 10.6. The van der Waals surface area contributed by atoms with Gasteiger partial charge in [0.25, 0.3) is 0 Å². The summed E-state index contributed by atoms with van der Waals surface area (Å²) in [6.45, 7) is 3.55. The Kier molecular flexibility index (Phi) is 2.65. The normalized spacial score (nSPS) is 10.8. The van der Waals surface area contributed by atoms with Crippen molar-refractivity contribution in [1.29, 1.82) is 0 Å². The van der Waals surface area contributed by atoms with Crippen molar-refractivity contribution in [1.82, 2.24) is 0 Å². The first-order valence-corrected chi connectivity index (χ1v) is 2.60. The molecule has 0 aliphatic heterocycles. The number of nitrogens with two attached hydrogens (primary N) is 2. The van der Waals surface area contributed by atoms with Gasteiger partial charge in [-0.1, -0.05) is 13.8 Å². The summed E-state index contributed by atoms with van der Waals surface area (Å²) < 4.78 is 0. The second-order valence-corrected chi connectivity index (χ2v) is 2.08. The predicted octanol–water partition coefficient (Wildman–Crippen LogP) is -0.545. The van der Waals surface area contributed by atoms with Crippen molar-refractivity contribution in [3.63, 3.8) is 0 Å². The van der Waals surface area contributed by atoms with Crippen molar-refractivity contribution in [2.24, 2.45) is 17.4 Å². The Bertz CT molecular complexity index is 78.4. The Labute approximate surface area is 49.0 Å². The van der Waals surface area contributed by atoms with Crippen LogP contribution in [0.1, 0.15) is 13.8 Å². The van der Waals surface area contributed by atoms with Gasteiger partial charge in [-0.15, -0.1) is 0 Å². The highest BCUT2D eigenvalue weighted by Crippen LogP contribution is 1.92. The van der Waals surface area contributed by atoms with Gasteiger partial charge in [0, 0.05) is 5.92 Å². The quantitative estimate of drug-likeness (QED) is 0.476. The number of hydrogen-bond donors (Lipinski definition) is 2. The SMILES string of the molecule is CC(C)C(=O)C(N)N. The summed E-state index contributed by atoms with van der Waals surface area (Å²) in [5.41, 5.74) is 10.1. The summed E-state index contributed by atoms with van der Waals surface area (Å²) in [4.78, 5) is 10.6. The first-order valence-electron chi connectivity index (χ1n) is 2.60. The number of carbonyl (C=O) groups excluding carboxylic acids is 1. The summed E-state index contributed by atoms with van der Waals surface area (Å²) >= 11 is 0. The van der Waals surface area contributed by atoms with Gasteiger partial charge in [-0.3, -0.25) is 4.79 Å². The van der Waals surface area contributed by atoms with E-state index in [2.05, 4.69) is 0 Å². The lowest BCUT2D eigenvalue weighted by atomic mass is 10.1. The minimum atomic E-state index is -0.796. The smallest absolute Gasteiger partial charge is 0.166 e. The molecule has 0 bridgehead atoms. The molecule has 0 aromatic rings. The third kappa shape index (κ3) is 2.04. The molecule has 0 aliphatic rings. The lowest BCUT2D eigenvalue weighted by molar-refractivity contribution is -0.123. The van der Waals surface area contributed by atoms with E-state index in [-0.39, 0.29) is 11.7 Å². The standard InChI is InChI=1S/C5H12N2O/c1-3(2)4(8)5(6)7/h3,5H,6-7H2,1-2H3. The van der Waals surface area contributed by atoms with Crippen molar-refractivity contribution < 1.29 is 4.79 Å². The molecule has 3 heteroatoms. The minimum Gasteiger partial charge on any atom is -0.310 e. The van der Waals surface area contributed by atoms with Gasteiger partial charge >= 0.3 is 0 Å². The Balaban J connectivity index is 3.65. The lowest BCUT2D eigenvalue weighted by Gasteiger charge is -2.05. The molecule has 0 saturated heterocycles. The summed E-state index contributed by atoms with van der Waals surface area (Å²) in [6.07, 6.45) is -0.796. The van der Waals surface area contributed by atoms with Crippen LogP contribution < -0.4 is 11.5 Å². The molecule has 0 saturated carbocycles. The fraction of sp³-hybridized carbons (Fsp3) is 0.800. The molecule has 0 aliphatic carbocycles. The van der Waals surface area contributed by atoms with Gasteiger partial charge in [0.2, 0.25) is 0 Å². The molecular formula is C5H12N2O. The first-order chi connectivity index (χ1) is 3.55. The zero-order chi connectivity index (χ0) is 6.73. The lowest BCUT2D eigenvalue weighted by Crippen LogP contribution is -2.41. The van der Waals surface area contributed by atoms with Crippen LogP contribution in [0.2, 0.25) is 0 Å². The van der Waals surface area contributed by atoms with E-state index in [0.717, 1.165) is 0 Å². The van der Waals surface area contributed by atoms with Crippen LogP contribution >= 0.6 is 0 Å². The van der Waals surface area contributed by atoms with Gasteiger partial charge in [0.15, 0.2) is 5.78 Å². The fourth-order valence-corrected chi connectivity index (χ4v) is 0.385. The number of carbonyl (C=O) groups is 1. The monoisotopic (exact) mass is 116 g/mol. The number of hydrogen-bond acceptors (Lipinski definition) is 3. The van der Waals surface area contributed by atoms with Gasteiger partial charge < -0.3 is 11.5 Å². The van der Waals surface area contributed by atoms with Crippen molar-refractivity contribution in [2.75, 3.05) is 0 Å². The molecule has 0 aromatic carbocycles. The first kappa shape index (κ1) is 7.59. The molecule has 0 aromatic heterocycles. The number of rotatable bonds is 2. The third-order valence-electron chi connectivity index (χ3n) is 0.898. The van der Waals surface area contributed by atoms with E-state index in [0.29, 0.717) is 0 Å². The Morgan fingerprint density at radius 2 is 1.75 bits per heavy atom. The molecule has 0 radical (unpaired) electrons. The van der Waals surface area contributed by atoms with Gasteiger partial charge in [-0.05, 0) is 0 Å². The van der Waals surface area contributed by atoms with E-state index >= 15 is 0 Å². The summed E-state index contributed by atoms with van der Waals surface area (Å²) in [5.74, 6) is -0.139. The molecule has 0 heterocycles. The molecule has 0 spiro atoms. The summed E-state index contributed by atoms with van der Waals surface area (Å²) in [5, 5.41) is 0. The maximum absolute atomic E-state index is 10.6. The third-order valence-corrected chi connectivity index (χ3v) is 0.898. The minimum absolute atomic E-state index is 0.0463. The molecule has 48 valence electrons. The van der Waals surface area contributed by atoms with Gasteiger partial charge in [-0.2, -0.15) is 0 Å². The molecule has 0 amide bonds. The average molecular weight is 116 g/mol. The van der Waals surface area contributed by atoms with E-state index in [1.165, 1.54) is 0 Å². The molecule has 0 atom stereocenters. The molecule has 0 unspecified atom stereocenters. The zero-order valence-corrected chi connectivity index (χ0v) is 5.22. The van der Waals surface area contributed by atoms with Crippen LogP contribution in [-0.2, 0) is 4.79 Å². The van der Waals surface area contributed by atoms with Crippen LogP contribution in [0.25, 0.3) is 0 Å². The van der Waals surface area contributed by atoms with Crippen molar-refractivity contribution >= 4 is 5.78 Å². The molecule has 8 heavy (non-hydrogen) atoms. The van der Waals surface area contributed by atoms with Crippen LogP contribution in [0.4, 0.5) is 0 Å². The van der Waals surface area contributed by atoms with E-state index in [1.54, 1.807) is 13.8 Å². The van der Waals surface area contributed by atoms with Crippen LogP contribution in [-0.4, -0.2) is 11.9 Å². The Morgan fingerprint density at radius 3 is 1.75 bits per heavy atom. The number of ketones is 1. The van der Waals surface area contributed by atoms with Crippen LogP contribution in [0.3, 0.4) is 0 Å². The second kappa shape index (κ2) is 2.79. The molecule has 0 rings (SSSR count). The van der Waals surface area contributed by atoms with E-state index in [4.69, 9.17) is 11.5 Å².